The Morgan fingerprint density at radius 3 is 2.89 bits per heavy atom. The van der Waals surface area contributed by atoms with E-state index in [0.717, 1.165) is 0 Å². The molecule has 5 nitrogen and oxygen atoms in total. The van der Waals surface area contributed by atoms with Crippen molar-refractivity contribution in [3.8, 4) is 5.75 Å². The van der Waals surface area contributed by atoms with E-state index in [1.165, 1.54) is 0 Å². The van der Waals surface area contributed by atoms with Crippen LogP contribution in [0.1, 0.15) is 30.6 Å². The van der Waals surface area contributed by atoms with E-state index in [2.05, 4.69) is 10.3 Å². The molecule has 0 saturated carbocycles. The van der Waals surface area contributed by atoms with Gasteiger partial charge in [0.1, 0.15) is 5.75 Å². The number of carbonyl (C=O) groups excluding carboxylic acids is 1. The van der Waals surface area contributed by atoms with E-state index >= 15 is 0 Å². The summed E-state index contributed by atoms with van der Waals surface area (Å²) in [5.41, 5.74) is 0.576. The van der Waals surface area contributed by atoms with Gasteiger partial charge in [0.2, 0.25) is 0 Å². The van der Waals surface area contributed by atoms with Crippen molar-refractivity contribution < 1.29 is 14.3 Å². The van der Waals surface area contributed by atoms with Gasteiger partial charge in [-0.25, -0.2) is 0 Å². The number of aromatic nitrogens is 1. The molecule has 1 aliphatic heterocycles. The summed E-state index contributed by atoms with van der Waals surface area (Å²) < 4.78 is 10.8. The highest BCUT2D eigenvalue weighted by atomic mass is 16.5. The van der Waals surface area contributed by atoms with Gasteiger partial charge in [-0.3, -0.25) is 9.78 Å². The van der Waals surface area contributed by atoms with Crippen LogP contribution in [0.15, 0.2) is 18.5 Å². The van der Waals surface area contributed by atoms with Crippen LogP contribution in [0.25, 0.3) is 0 Å². The summed E-state index contributed by atoms with van der Waals surface area (Å²) in [6.45, 7) is 4.59. The molecule has 2 rings (SSSR count). The molecule has 1 saturated heterocycles. The predicted molar refractivity (Wildman–Crippen MR) is 71.5 cm³/mol. The number of carbonyl (C=O) groups is 1. The molecule has 2 atom stereocenters. The van der Waals surface area contributed by atoms with Crippen LogP contribution in [0.2, 0.25) is 0 Å². The first-order valence-electron chi connectivity index (χ1n) is 6.52. The number of pyridine rings is 1. The van der Waals surface area contributed by atoms with Crippen LogP contribution in [0.5, 0.6) is 5.75 Å². The van der Waals surface area contributed by atoms with Crippen LogP contribution < -0.4 is 10.1 Å². The van der Waals surface area contributed by atoms with E-state index in [4.69, 9.17) is 9.47 Å². The number of methoxy groups -OCH3 is 1. The molecule has 1 fully saturated rings. The second kappa shape index (κ2) is 6.12. The monoisotopic (exact) mass is 264 g/mol. The Kier molecular flexibility index (Phi) is 4.50. The molecule has 1 aromatic rings. The number of ether oxygens (including phenoxy) is 2. The van der Waals surface area contributed by atoms with Crippen LogP contribution in [-0.4, -0.2) is 42.7 Å². The summed E-state index contributed by atoms with van der Waals surface area (Å²) >= 11 is 0. The molecule has 0 bridgehead atoms. The fourth-order valence-electron chi connectivity index (χ4n) is 2.17. The molecule has 104 valence electrons. The number of hydrogen-bond acceptors (Lipinski definition) is 5. The third-order valence-electron chi connectivity index (χ3n) is 3.11. The van der Waals surface area contributed by atoms with Crippen LogP contribution in [0.3, 0.4) is 0 Å². The molecule has 5 heteroatoms. The summed E-state index contributed by atoms with van der Waals surface area (Å²) in [6.07, 6.45) is 4.07. The smallest absolute Gasteiger partial charge is 0.181 e. The van der Waals surface area contributed by atoms with Gasteiger partial charge in [-0.2, -0.15) is 0 Å². The van der Waals surface area contributed by atoms with Crippen LogP contribution in [0, 0.1) is 0 Å². The Labute approximate surface area is 113 Å². The number of Topliss-reactive ketones (excluding diaryl/α,β-unsaturated/α-hetero) is 1. The average Bonchev–Trinajstić information content (AvgIpc) is 2.86. The first-order chi connectivity index (χ1) is 9.10. The molecule has 0 spiro atoms. The molecule has 1 aromatic heterocycles. The van der Waals surface area contributed by atoms with Gasteiger partial charge < -0.3 is 14.8 Å². The molecule has 1 N–H and O–H groups in total. The molecule has 2 unspecified atom stereocenters. The van der Waals surface area contributed by atoms with Gasteiger partial charge in [-0.05, 0) is 26.3 Å². The van der Waals surface area contributed by atoms with Gasteiger partial charge in [0, 0.05) is 25.4 Å². The fourth-order valence-corrected chi connectivity index (χ4v) is 2.17. The second-order valence-corrected chi connectivity index (χ2v) is 4.99. The maximum absolute atomic E-state index is 12.3. The van der Waals surface area contributed by atoms with E-state index in [-0.39, 0.29) is 24.0 Å². The molecular weight excluding hydrogens is 244 g/mol. The highest BCUT2D eigenvalue weighted by molar-refractivity contribution is 6.00. The largest absolute Gasteiger partial charge is 0.489 e. The Morgan fingerprint density at radius 1 is 1.47 bits per heavy atom. The number of hydrogen-bond donors (Lipinski definition) is 1. The van der Waals surface area contributed by atoms with Crippen molar-refractivity contribution in [2.45, 2.75) is 38.5 Å². The van der Waals surface area contributed by atoms with E-state index in [1.54, 1.807) is 25.6 Å². The SMILES string of the molecule is COC1CNC(C(=O)c2cncc(OC(C)C)c2)C1. The molecular formula is C14H20N2O3. The van der Waals surface area contributed by atoms with Crippen LogP contribution in [0.4, 0.5) is 0 Å². The first kappa shape index (κ1) is 14.0. The fraction of sp³-hybridized carbons (Fsp3) is 0.571. The van der Waals surface area contributed by atoms with E-state index in [1.807, 2.05) is 13.8 Å². The van der Waals surface area contributed by atoms with E-state index in [0.29, 0.717) is 24.3 Å². The van der Waals surface area contributed by atoms with Crippen molar-refractivity contribution in [1.29, 1.82) is 0 Å². The molecule has 2 heterocycles. The number of ketones is 1. The lowest BCUT2D eigenvalue weighted by Gasteiger charge is -2.12. The molecule has 0 aromatic carbocycles. The summed E-state index contributed by atoms with van der Waals surface area (Å²) in [5, 5.41) is 3.17. The van der Waals surface area contributed by atoms with Gasteiger partial charge in [0.25, 0.3) is 0 Å². The van der Waals surface area contributed by atoms with Gasteiger partial charge >= 0.3 is 0 Å². The van der Waals surface area contributed by atoms with Crippen molar-refractivity contribution in [3.05, 3.63) is 24.0 Å². The van der Waals surface area contributed by atoms with Crippen LogP contribution >= 0.6 is 0 Å². The number of nitrogens with zero attached hydrogens (tertiary/aromatic N) is 1. The standard InChI is InChI=1S/C14H20N2O3/c1-9(2)19-12-4-10(6-15-7-12)14(17)13-5-11(18-3)8-16-13/h4,6-7,9,11,13,16H,5,8H2,1-3H3. The molecule has 0 amide bonds. The maximum Gasteiger partial charge on any atom is 0.181 e. The quantitative estimate of drug-likeness (QED) is 0.815. The lowest BCUT2D eigenvalue weighted by Crippen LogP contribution is -2.30. The van der Waals surface area contributed by atoms with E-state index in [9.17, 15) is 4.79 Å². The number of rotatable bonds is 5. The van der Waals surface area contributed by atoms with Gasteiger partial charge in [-0.15, -0.1) is 0 Å². The zero-order valence-electron chi connectivity index (χ0n) is 11.6. The lowest BCUT2D eigenvalue weighted by molar-refractivity contribution is 0.0918. The minimum Gasteiger partial charge on any atom is -0.489 e. The minimum absolute atomic E-state index is 0.0428. The highest BCUT2D eigenvalue weighted by Crippen LogP contribution is 2.18. The van der Waals surface area contributed by atoms with Gasteiger partial charge in [0.05, 0.1) is 24.4 Å². The van der Waals surface area contributed by atoms with E-state index < -0.39 is 0 Å². The third-order valence-corrected chi connectivity index (χ3v) is 3.11. The van der Waals surface area contributed by atoms with Crippen molar-refractivity contribution in [1.82, 2.24) is 10.3 Å². The maximum atomic E-state index is 12.3. The zero-order chi connectivity index (χ0) is 13.8. The topological polar surface area (TPSA) is 60.5 Å². The molecule has 1 aliphatic rings. The summed E-state index contributed by atoms with van der Waals surface area (Å²) in [7, 11) is 1.66. The number of nitrogens with one attached hydrogen (secondary N) is 1. The Morgan fingerprint density at radius 2 is 2.26 bits per heavy atom. The Hall–Kier alpha value is -1.46. The zero-order valence-corrected chi connectivity index (χ0v) is 11.6. The van der Waals surface area contributed by atoms with Crippen molar-refractivity contribution in [2.24, 2.45) is 0 Å². The summed E-state index contributed by atoms with van der Waals surface area (Å²) in [5.74, 6) is 0.670. The normalized spacial score (nSPS) is 22.7. The Bertz CT molecular complexity index is 448. The summed E-state index contributed by atoms with van der Waals surface area (Å²) in [6, 6.07) is 1.55. The Balaban J connectivity index is 2.07. The molecule has 0 aliphatic carbocycles. The summed E-state index contributed by atoms with van der Waals surface area (Å²) in [4.78, 5) is 16.4. The lowest BCUT2D eigenvalue weighted by atomic mass is 10.0. The highest BCUT2D eigenvalue weighted by Gasteiger charge is 2.30. The third kappa shape index (κ3) is 3.52. The first-order valence-corrected chi connectivity index (χ1v) is 6.52. The predicted octanol–water partition coefficient (Wildman–Crippen LogP) is 1.43. The minimum atomic E-state index is -0.193. The van der Waals surface area contributed by atoms with Gasteiger partial charge in [0.15, 0.2) is 5.78 Å². The molecule has 19 heavy (non-hydrogen) atoms. The second-order valence-electron chi connectivity index (χ2n) is 4.99. The van der Waals surface area contributed by atoms with Crippen molar-refractivity contribution >= 4 is 5.78 Å². The van der Waals surface area contributed by atoms with Crippen LogP contribution in [-0.2, 0) is 4.74 Å². The van der Waals surface area contributed by atoms with Crippen molar-refractivity contribution in [2.75, 3.05) is 13.7 Å². The van der Waals surface area contributed by atoms with Crippen molar-refractivity contribution in [3.63, 3.8) is 0 Å². The average molecular weight is 264 g/mol. The van der Waals surface area contributed by atoms with Gasteiger partial charge in [-0.1, -0.05) is 0 Å². The molecule has 0 radical (unpaired) electrons.